The molecule has 0 fully saturated rings. The zero-order chi connectivity index (χ0) is 13.9. The number of hydrogen-bond donors (Lipinski definition) is 1. The molecule has 2 heterocycles. The number of aromatic nitrogens is 2. The lowest BCUT2D eigenvalue weighted by Gasteiger charge is -2.00. The quantitative estimate of drug-likeness (QED) is 0.798. The number of thiazole rings is 1. The van der Waals surface area contributed by atoms with Crippen LogP contribution in [0.1, 0.15) is 5.69 Å². The maximum Gasteiger partial charge on any atom is 0.188 e. The first-order valence-electron chi connectivity index (χ1n) is 5.86. The number of methoxy groups -OCH3 is 1. The minimum absolute atomic E-state index is 0.393. The SMILES string of the molecule is COc1ccc2nc(Nc3ccc(C#N)nc3)sc2c1. The standard InChI is InChI=1S/C14H10N4OS/c1-19-11-4-5-12-13(6-11)20-14(18-12)17-10-3-2-9(7-15)16-8-10/h2-6,8H,1H3,(H,17,18). The third-order valence-electron chi connectivity index (χ3n) is 2.72. The zero-order valence-electron chi connectivity index (χ0n) is 10.6. The van der Waals surface area contributed by atoms with Crippen molar-refractivity contribution >= 4 is 32.4 Å². The van der Waals surface area contributed by atoms with Gasteiger partial charge in [0.15, 0.2) is 5.13 Å². The molecule has 98 valence electrons. The first-order valence-corrected chi connectivity index (χ1v) is 6.68. The van der Waals surface area contributed by atoms with Crippen LogP contribution in [-0.2, 0) is 0 Å². The van der Waals surface area contributed by atoms with Crippen molar-refractivity contribution in [3.05, 3.63) is 42.2 Å². The summed E-state index contributed by atoms with van der Waals surface area (Å²) in [4.78, 5) is 8.49. The molecule has 5 nitrogen and oxygen atoms in total. The van der Waals surface area contributed by atoms with E-state index in [2.05, 4.69) is 15.3 Å². The molecule has 1 aromatic carbocycles. The molecule has 0 bridgehead atoms. The summed E-state index contributed by atoms with van der Waals surface area (Å²) in [5.74, 6) is 0.813. The maximum absolute atomic E-state index is 8.71. The molecule has 0 atom stereocenters. The lowest BCUT2D eigenvalue weighted by molar-refractivity contribution is 0.415. The van der Waals surface area contributed by atoms with Gasteiger partial charge in [-0.25, -0.2) is 9.97 Å². The molecule has 0 radical (unpaired) electrons. The number of hydrogen-bond acceptors (Lipinski definition) is 6. The minimum Gasteiger partial charge on any atom is -0.497 e. The first kappa shape index (κ1) is 12.4. The Morgan fingerprint density at radius 3 is 2.90 bits per heavy atom. The van der Waals surface area contributed by atoms with Gasteiger partial charge < -0.3 is 10.1 Å². The highest BCUT2D eigenvalue weighted by molar-refractivity contribution is 7.22. The fourth-order valence-electron chi connectivity index (χ4n) is 1.74. The average molecular weight is 282 g/mol. The monoisotopic (exact) mass is 282 g/mol. The normalized spacial score (nSPS) is 10.2. The van der Waals surface area contributed by atoms with Crippen LogP contribution in [0.5, 0.6) is 5.75 Å². The summed E-state index contributed by atoms with van der Waals surface area (Å²) in [6.07, 6.45) is 1.62. The van der Waals surface area contributed by atoms with E-state index in [-0.39, 0.29) is 0 Å². The number of fused-ring (bicyclic) bond motifs is 1. The number of nitrogens with zero attached hydrogens (tertiary/aromatic N) is 3. The number of ether oxygens (including phenoxy) is 1. The first-order chi connectivity index (χ1) is 9.78. The second-order valence-corrected chi connectivity index (χ2v) is 5.05. The Bertz CT molecular complexity index is 789. The molecule has 3 rings (SSSR count). The van der Waals surface area contributed by atoms with E-state index >= 15 is 0 Å². The Morgan fingerprint density at radius 1 is 1.30 bits per heavy atom. The van der Waals surface area contributed by atoms with Crippen LogP contribution in [0.2, 0.25) is 0 Å². The highest BCUT2D eigenvalue weighted by Gasteiger charge is 2.05. The number of anilines is 2. The van der Waals surface area contributed by atoms with Gasteiger partial charge in [0, 0.05) is 0 Å². The van der Waals surface area contributed by atoms with Crippen molar-refractivity contribution < 1.29 is 4.74 Å². The van der Waals surface area contributed by atoms with Crippen LogP contribution >= 0.6 is 11.3 Å². The van der Waals surface area contributed by atoms with Gasteiger partial charge in [0.1, 0.15) is 17.5 Å². The Labute approximate surface area is 119 Å². The maximum atomic E-state index is 8.71. The molecular weight excluding hydrogens is 272 g/mol. The zero-order valence-corrected chi connectivity index (χ0v) is 11.4. The third kappa shape index (κ3) is 2.39. The molecule has 0 amide bonds. The number of nitrogens with one attached hydrogen (secondary N) is 1. The van der Waals surface area contributed by atoms with Crippen molar-refractivity contribution in [3.63, 3.8) is 0 Å². The molecule has 0 aliphatic carbocycles. The predicted octanol–water partition coefficient (Wildman–Crippen LogP) is 3.32. The fourth-order valence-corrected chi connectivity index (χ4v) is 2.66. The van der Waals surface area contributed by atoms with Gasteiger partial charge in [-0.2, -0.15) is 5.26 Å². The number of nitriles is 1. The van der Waals surface area contributed by atoms with Gasteiger partial charge >= 0.3 is 0 Å². The topological polar surface area (TPSA) is 70.8 Å². The van der Waals surface area contributed by atoms with E-state index in [9.17, 15) is 0 Å². The second kappa shape index (κ2) is 5.15. The van der Waals surface area contributed by atoms with Gasteiger partial charge in [-0.15, -0.1) is 0 Å². The second-order valence-electron chi connectivity index (χ2n) is 4.02. The Morgan fingerprint density at radius 2 is 2.20 bits per heavy atom. The molecule has 3 aromatic rings. The van der Waals surface area contributed by atoms with Gasteiger partial charge in [0.05, 0.1) is 29.2 Å². The van der Waals surface area contributed by atoms with E-state index in [0.29, 0.717) is 5.69 Å². The summed E-state index contributed by atoms with van der Waals surface area (Å²) in [5.41, 5.74) is 2.11. The van der Waals surface area contributed by atoms with E-state index in [4.69, 9.17) is 10.00 Å². The van der Waals surface area contributed by atoms with Crippen LogP contribution < -0.4 is 10.1 Å². The lowest BCUT2D eigenvalue weighted by atomic mass is 10.3. The van der Waals surface area contributed by atoms with Crippen LogP contribution in [0.25, 0.3) is 10.2 Å². The fraction of sp³-hybridized carbons (Fsp3) is 0.0714. The van der Waals surface area contributed by atoms with Crippen LogP contribution in [0.15, 0.2) is 36.5 Å². The van der Waals surface area contributed by atoms with E-state index in [1.54, 1.807) is 25.4 Å². The molecule has 0 aliphatic heterocycles. The summed E-state index contributed by atoms with van der Waals surface area (Å²) in [6, 6.07) is 11.2. The molecule has 1 N–H and O–H groups in total. The van der Waals surface area contributed by atoms with Gasteiger partial charge in [-0.3, -0.25) is 0 Å². The average Bonchev–Trinajstić information content (AvgIpc) is 2.89. The predicted molar refractivity (Wildman–Crippen MR) is 78.4 cm³/mol. The van der Waals surface area contributed by atoms with Gasteiger partial charge in [-0.1, -0.05) is 11.3 Å². The highest BCUT2D eigenvalue weighted by Crippen LogP contribution is 2.30. The molecule has 0 aliphatic rings. The van der Waals surface area contributed by atoms with Gasteiger partial charge in [0.2, 0.25) is 0 Å². The summed E-state index contributed by atoms with van der Waals surface area (Å²) >= 11 is 1.54. The molecule has 0 unspecified atom stereocenters. The summed E-state index contributed by atoms with van der Waals surface area (Å²) in [7, 11) is 1.64. The number of benzene rings is 1. The largest absolute Gasteiger partial charge is 0.497 e. The van der Waals surface area contributed by atoms with Crippen molar-refractivity contribution in [3.8, 4) is 11.8 Å². The van der Waals surface area contributed by atoms with E-state index in [1.807, 2.05) is 24.3 Å². The molecule has 2 aromatic heterocycles. The van der Waals surface area contributed by atoms with Crippen molar-refractivity contribution in [2.24, 2.45) is 0 Å². The van der Waals surface area contributed by atoms with Gasteiger partial charge in [0.25, 0.3) is 0 Å². The molecule has 0 spiro atoms. The van der Waals surface area contributed by atoms with Crippen LogP contribution in [0.3, 0.4) is 0 Å². The summed E-state index contributed by atoms with van der Waals surface area (Å²) in [6.45, 7) is 0. The summed E-state index contributed by atoms with van der Waals surface area (Å²) in [5, 5.41) is 12.7. The van der Waals surface area contributed by atoms with Crippen LogP contribution in [0, 0.1) is 11.3 Å². The smallest absolute Gasteiger partial charge is 0.188 e. The lowest BCUT2D eigenvalue weighted by Crippen LogP contribution is -1.91. The molecule has 6 heteroatoms. The van der Waals surface area contributed by atoms with Crippen LogP contribution in [0.4, 0.5) is 10.8 Å². The number of pyridine rings is 1. The van der Waals surface area contributed by atoms with Gasteiger partial charge in [-0.05, 0) is 30.3 Å². The van der Waals surface area contributed by atoms with Crippen LogP contribution in [-0.4, -0.2) is 17.1 Å². The van der Waals surface area contributed by atoms with E-state index in [0.717, 1.165) is 26.8 Å². The molecule has 0 saturated carbocycles. The Hall–Kier alpha value is -2.65. The van der Waals surface area contributed by atoms with Crippen molar-refractivity contribution in [2.75, 3.05) is 12.4 Å². The Kier molecular flexibility index (Phi) is 3.19. The Balaban J connectivity index is 1.88. The van der Waals surface area contributed by atoms with Crippen molar-refractivity contribution in [2.45, 2.75) is 0 Å². The van der Waals surface area contributed by atoms with Crippen molar-refractivity contribution in [1.29, 1.82) is 5.26 Å². The third-order valence-corrected chi connectivity index (χ3v) is 3.66. The molecule has 20 heavy (non-hydrogen) atoms. The molecular formula is C14H10N4OS. The molecule has 0 saturated heterocycles. The van der Waals surface area contributed by atoms with E-state index in [1.165, 1.54) is 11.3 Å². The van der Waals surface area contributed by atoms with Crippen molar-refractivity contribution in [1.82, 2.24) is 9.97 Å². The number of rotatable bonds is 3. The minimum atomic E-state index is 0.393. The highest BCUT2D eigenvalue weighted by atomic mass is 32.1. The van der Waals surface area contributed by atoms with E-state index < -0.39 is 0 Å². The summed E-state index contributed by atoms with van der Waals surface area (Å²) < 4.78 is 6.24.